The number of hydrogen-bond acceptors (Lipinski definition) is 4. The summed E-state index contributed by atoms with van der Waals surface area (Å²) in [5.74, 6) is -0.424. The van der Waals surface area contributed by atoms with Crippen LogP contribution in [-0.4, -0.2) is 40.9 Å². The largest absolute Gasteiger partial charge is 0.447 e. The Labute approximate surface area is 137 Å². The maximum Gasteiger partial charge on any atom is 0.447 e. The molecule has 0 aromatic carbocycles. The standard InChI is InChI=1S/C13H16F3N3OS.ClH/c1-12(7-17)4-6-19(8-12)11(20)9-3-2-5-18-10(9)21-13(14,15)16;/h2-3,5H,4,6-8,17H2,1H3;1H. The predicted octanol–water partition coefficient (Wildman–Crippen LogP) is 2.93. The first-order valence-electron chi connectivity index (χ1n) is 6.44. The number of nitrogens with two attached hydrogens (primary N) is 1. The van der Waals surface area contributed by atoms with Gasteiger partial charge in [0.1, 0.15) is 5.03 Å². The fraction of sp³-hybridized carbons (Fsp3) is 0.538. The number of carbonyl (C=O) groups excluding carboxylic acids is 1. The van der Waals surface area contributed by atoms with Crippen LogP contribution in [0.4, 0.5) is 13.2 Å². The van der Waals surface area contributed by atoms with Gasteiger partial charge in [0.2, 0.25) is 0 Å². The molecule has 1 amide bonds. The van der Waals surface area contributed by atoms with E-state index in [1.54, 1.807) is 4.90 Å². The first kappa shape index (κ1) is 19.1. The molecule has 22 heavy (non-hydrogen) atoms. The third-order valence-corrected chi connectivity index (χ3v) is 4.30. The Morgan fingerprint density at radius 3 is 2.77 bits per heavy atom. The molecular formula is C13H17ClF3N3OS. The average molecular weight is 356 g/mol. The zero-order valence-corrected chi connectivity index (χ0v) is 13.5. The summed E-state index contributed by atoms with van der Waals surface area (Å²) >= 11 is -0.363. The molecule has 9 heteroatoms. The maximum absolute atomic E-state index is 12.5. The second kappa shape index (κ2) is 7.06. The molecule has 1 saturated heterocycles. The van der Waals surface area contributed by atoms with Crippen LogP contribution >= 0.6 is 24.2 Å². The van der Waals surface area contributed by atoms with Crippen molar-refractivity contribution in [1.82, 2.24) is 9.88 Å². The van der Waals surface area contributed by atoms with Gasteiger partial charge in [-0.05, 0) is 30.5 Å². The number of pyridine rings is 1. The summed E-state index contributed by atoms with van der Waals surface area (Å²) in [5, 5.41) is -0.309. The molecule has 1 atom stereocenters. The minimum Gasteiger partial charge on any atom is -0.338 e. The Kier molecular flexibility index (Phi) is 6.11. The molecule has 0 saturated carbocycles. The summed E-state index contributed by atoms with van der Waals surface area (Å²) in [6.07, 6.45) is 2.00. The van der Waals surface area contributed by atoms with E-state index in [0.29, 0.717) is 19.6 Å². The smallest absolute Gasteiger partial charge is 0.338 e. The lowest BCUT2D eigenvalue weighted by molar-refractivity contribution is -0.0329. The molecule has 2 heterocycles. The third-order valence-electron chi connectivity index (χ3n) is 3.55. The summed E-state index contributed by atoms with van der Waals surface area (Å²) in [5.41, 5.74) is 1.02. The molecule has 2 rings (SSSR count). The number of alkyl halides is 3. The number of amides is 1. The van der Waals surface area contributed by atoms with Crippen LogP contribution in [0.5, 0.6) is 0 Å². The van der Waals surface area contributed by atoms with Gasteiger partial charge >= 0.3 is 5.51 Å². The molecule has 1 fully saturated rings. The second-order valence-electron chi connectivity index (χ2n) is 5.40. The van der Waals surface area contributed by atoms with Gasteiger partial charge in [-0.25, -0.2) is 4.98 Å². The van der Waals surface area contributed by atoms with Gasteiger partial charge in [-0.3, -0.25) is 4.79 Å². The highest BCUT2D eigenvalue weighted by atomic mass is 35.5. The van der Waals surface area contributed by atoms with Crippen LogP contribution in [0.1, 0.15) is 23.7 Å². The summed E-state index contributed by atoms with van der Waals surface area (Å²) in [6, 6.07) is 2.84. The van der Waals surface area contributed by atoms with E-state index in [9.17, 15) is 18.0 Å². The molecule has 2 N–H and O–H groups in total. The van der Waals surface area contributed by atoms with Crippen molar-refractivity contribution in [3.05, 3.63) is 23.9 Å². The second-order valence-corrected chi connectivity index (χ2v) is 6.45. The summed E-state index contributed by atoms with van der Waals surface area (Å²) in [6.45, 7) is 3.35. The zero-order valence-electron chi connectivity index (χ0n) is 11.9. The first-order valence-corrected chi connectivity index (χ1v) is 7.26. The first-order chi connectivity index (χ1) is 9.74. The lowest BCUT2D eigenvalue weighted by atomic mass is 9.90. The van der Waals surface area contributed by atoms with Gasteiger partial charge in [-0.2, -0.15) is 13.2 Å². The van der Waals surface area contributed by atoms with Gasteiger partial charge in [0, 0.05) is 31.0 Å². The molecule has 1 unspecified atom stereocenters. The van der Waals surface area contributed by atoms with E-state index in [2.05, 4.69) is 4.98 Å². The molecule has 124 valence electrons. The summed E-state index contributed by atoms with van der Waals surface area (Å²) in [7, 11) is 0. The van der Waals surface area contributed by atoms with E-state index >= 15 is 0 Å². The Morgan fingerprint density at radius 2 is 2.23 bits per heavy atom. The normalized spacial score (nSPS) is 21.6. The van der Waals surface area contributed by atoms with Gasteiger partial charge in [0.25, 0.3) is 5.91 Å². The number of hydrogen-bond donors (Lipinski definition) is 1. The van der Waals surface area contributed by atoms with E-state index in [4.69, 9.17) is 5.73 Å². The highest BCUT2D eigenvalue weighted by Crippen LogP contribution is 2.38. The molecule has 0 bridgehead atoms. The highest BCUT2D eigenvalue weighted by molar-refractivity contribution is 8.00. The Balaban J connectivity index is 0.00000242. The predicted molar refractivity (Wildman–Crippen MR) is 81.1 cm³/mol. The van der Waals surface area contributed by atoms with Crippen LogP contribution in [0.3, 0.4) is 0 Å². The van der Waals surface area contributed by atoms with Gasteiger partial charge in [-0.1, -0.05) is 6.92 Å². The number of rotatable bonds is 3. The van der Waals surface area contributed by atoms with Crippen LogP contribution in [0.2, 0.25) is 0 Å². The van der Waals surface area contributed by atoms with Crippen molar-refractivity contribution in [2.45, 2.75) is 23.9 Å². The van der Waals surface area contributed by atoms with E-state index in [1.165, 1.54) is 18.3 Å². The minimum atomic E-state index is -4.47. The van der Waals surface area contributed by atoms with Crippen LogP contribution in [0.25, 0.3) is 0 Å². The van der Waals surface area contributed by atoms with Crippen LogP contribution in [0.15, 0.2) is 23.4 Å². The van der Waals surface area contributed by atoms with Crippen molar-refractivity contribution >= 4 is 30.1 Å². The number of thioether (sulfide) groups is 1. The number of likely N-dealkylation sites (tertiary alicyclic amines) is 1. The van der Waals surface area contributed by atoms with Gasteiger partial charge in [0.05, 0.1) is 5.56 Å². The van der Waals surface area contributed by atoms with E-state index < -0.39 is 11.4 Å². The maximum atomic E-state index is 12.5. The molecular weight excluding hydrogens is 339 g/mol. The van der Waals surface area contributed by atoms with Crippen molar-refractivity contribution in [2.24, 2.45) is 11.1 Å². The minimum absolute atomic E-state index is 0. The molecule has 1 aromatic rings. The molecule has 1 aliphatic rings. The fourth-order valence-corrected chi connectivity index (χ4v) is 2.88. The van der Waals surface area contributed by atoms with Gasteiger partial charge in [0.15, 0.2) is 0 Å². The molecule has 0 aliphatic carbocycles. The Morgan fingerprint density at radius 1 is 1.55 bits per heavy atom. The van der Waals surface area contributed by atoms with Crippen LogP contribution in [-0.2, 0) is 0 Å². The summed E-state index contributed by atoms with van der Waals surface area (Å²) < 4.78 is 37.6. The lowest BCUT2D eigenvalue weighted by Crippen LogP contribution is -2.34. The lowest BCUT2D eigenvalue weighted by Gasteiger charge is -2.23. The number of aromatic nitrogens is 1. The third kappa shape index (κ3) is 4.50. The zero-order chi connectivity index (χ0) is 15.7. The fourth-order valence-electron chi connectivity index (χ4n) is 2.28. The van der Waals surface area contributed by atoms with Gasteiger partial charge in [-0.15, -0.1) is 12.4 Å². The van der Waals surface area contributed by atoms with Crippen molar-refractivity contribution in [3.63, 3.8) is 0 Å². The topological polar surface area (TPSA) is 59.2 Å². The van der Waals surface area contributed by atoms with Crippen LogP contribution in [0, 0.1) is 5.41 Å². The van der Waals surface area contributed by atoms with Crippen molar-refractivity contribution in [2.75, 3.05) is 19.6 Å². The molecule has 4 nitrogen and oxygen atoms in total. The SMILES string of the molecule is CC1(CN)CCN(C(=O)c2cccnc2SC(F)(F)F)C1.Cl. The molecule has 0 spiro atoms. The Hall–Kier alpha value is -0.990. The van der Waals surface area contributed by atoms with E-state index in [-0.39, 0.29) is 40.2 Å². The molecule has 1 aromatic heterocycles. The van der Waals surface area contributed by atoms with E-state index in [1.807, 2.05) is 6.92 Å². The van der Waals surface area contributed by atoms with E-state index in [0.717, 1.165) is 6.42 Å². The monoisotopic (exact) mass is 355 g/mol. The number of nitrogens with zero attached hydrogens (tertiary/aromatic N) is 2. The quantitative estimate of drug-likeness (QED) is 0.847. The molecule has 1 aliphatic heterocycles. The summed E-state index contributed by atoms with van der Waals surface area (Å²) in [4.78, 5) is 17.7. The van der Waals surface area contributed by atoms with Gasteiger partial charge < -0.3 is 10.6 Å². The van der Waals surface area contributed by atoms with Crippen molar-refractivity contribution in [3.8, 4) is 0 Å². The van der Waals surface area contributed by atoms with Crippen LogP contribution < -0.4 is 5.73 Å². The van der Waals surface area contributed by atoms with Crippen molar-refractivity contribution in [1.29, 1.82) is 0 Å². The van der Waals surface area contributed by atoms with Crippen molar-refractivity contribution < 1.29 is 18.0 Å². The Bertz CT molecular complexity index is 544. The molecule has 0 radical (unpaired) electrons. The number of halogens is 4. The highest BCUT2D eigenvalue weighted by Gasteiger charge is 2.37. The number of carbonyl (C=O) groups is 1. The average Bonchev–Trinajstić information content (AvgIpc) is 2.80.